The van der Waals surface area contributed by atoms with Gasteiger partial charge >= 0.3 is 0 Å². The van der Waals surface area contributed by atoms with Crippen LogP contribution >= 0.6 is 15.9 Å². The van der Waals surface area contributed by atoms with Gasteiger partial charge in [0.15, 0.2) is 0 Å². The van der Waals surface area contributed by atoms with Gasteiger partial charge < -0.3 is 14.8 Å². The van der Waals surface area contributed by atoms with Crippen LogP contribution in [0.15, 0.2) is 102 Å². The van der Waals surface area contributed by atoms with Gasteiger partial charge in [-0.1, -0.05) is 70.5 Å². The average molecular weight is 558 g/mol. The third-order valence-electron chi connectivity index (χ3n) is 6.00. The van der Waals surface area contributed by atoms with Crippen LogP contribution in [0.25, 0.3) is 0 Å². The predicted molar refractivity (Wildman–Crippen MR) is 144 cm³/mol. The molecule has 0 saturated carbocycles. The molecule has 1 aliphatic heterocycles. The zero-order chi connectivity index (χ0) is 25.8. The van der Waals surface area contributed by atoms with Crippen molar-refractivity contribution >= 4 is 33.4 Å². The van der Waals surface area contributed by atoms with Crippen LogP contribution in [-0.2, 0) is 6.61 Å². The minimum absolute atomic E-state index is 0.311. The van der Waals surface area contributed by atoms with E-state index < -0.39 is 12.1 Å². The summed E-state index contributed by atoms with van der Waals surface area (Å²) in [4.78, 5) is 27.1. The minimum Gasteiger partial charge on any atom is -0.497 e. The number of rotatable bonds is 7. The Labute approximate surface area is 223 Å². The standard InChI is InChI=1S/C29H24BrN3O4/c1-36-22-14-11-20(12-15-22)27-31-25-16-13-21(30)17-24(25)29(35)33(27)32-28(34)23-9-5-6-10-26(23)37-18-19-7-3-2-4-8-19/h2-17,27,31H,18H2,1H3,(H,32,34)/t27-/m1/s1. The Balaban J connectivity index is 1.44. The lowest BCUT2D eigenvalue weighted by Crippen LogP contribution is -2.52. The lowest BCUT2D eigenvalue weighted by Gasteiger charge is -2.38. The number of amides is 2. The van der Waals surface area contributed by atoms with Crippen molar-refractivity contribution in [2.75, 3.05) is 12.4 Å². The summed E-state index contributed by atoms with van der Waals surface area (Å²) in [5.41, 5.74) is 6.00. The van der Waals surface area contributed by atoms with Crippen molar-refractivity contribution in [3.63, 3.8) is 0 Å². The van der Waals surface area contributed by atoms with Crippen molar-refractivity contribution < 1.29 is 19.1 Å². The highest BCUT2D eigenvalue weighted by atomic mass is 79.9. The maximum atomic E-state index is 13.6. The first-order valence-electron chi connectivity index (χ1n) is 11.6. The molecule has 37 heavy (non-hydrogen) atoms. The molecule has 0 radical (unpaired) electrons. The highest BCUT2D eigenvalue weighted by molar-refractivity contribution is 9.10. The smallest absolute Gasteiger partial charge is 0.276 e. The number of halogens is 1. The SMILES string of the molecule is COc1ccc([C@@H]2Nc3ccc(Br)cc3C(=O)N2NC(=O)c2ccccc2OCc2ccccc2)cc1. The molecular weight excluding hydrogens is 534 g/mol. The number of ether oxygens (including phenoxy) is 2. The third-order valence-corrected chi connectivity index (χ3v) is 6.50. The Morgan fingerprint density at radius 2 is 1.70 bits per heavy atom. The van der Waals surface area contributed by atoms with Gasteiger partial charge in [-0.2, -0.15) is 0 Å². The zero-order valence-electron chi connectivity index (χ0n) is 20.0. The number of carbonyl (C=O) groups is 2. The van der Waals surface area contributed by atoms with Gasteiger partial charge in [0, 0.05) is 10.2 Å². The van der Waals surface area contributed by atoms with Crippen molar-refractivity contribution in [1.82, 2.24) is 10.4 Å². The average Bonchev–Trinajstić information content (AvgIpc) is 2.94. The number of anilines is 1. The molecule has 2 amide bonds. The molecule has 186 valence electrons. The second-order valence-electron chi connectivity index (χ2n) is 8.40. The lowest BCUT2D eigenvalue weighted by molar-refractivity contribution is 0.0489. The Bertz CT molecular complexity index is 1430. The quantitative estimate of drug-likeness (QED) is 0.293. The largest absolute Gasteiger partial charge is 0.497 e. The molecule has 8 heteroatoms. The lowest BCUT2D eigenvalue weighted by atomic mass is 10.0. The van der Waals surface area contributed by atoms with E-state index in [-0.39, 0.29) is 5.91 Å². The molecule has 4 aromatic carbocycles. The van der Waals surface area contributed by atoms with Crippen molar-refractivity contribution in [3.8, 4) is 11.5 Å². The van der Waals surface area contributed by atoms with Gasteiger partial charge in [-0.05, 0) is 53.6 Å². The van der Waals surface area contributed by atoms with Crippen molar-refractivity contribution in [2.45, 2.75) is 12.8 Å². The number of fused-ring (bicyclic) bond motifs is 1. The second kappa shape index (κ2) is 10.8. The van der Waals surface area contributed by atoms with Gasteiger partial charge in [-0.15, -0.1) is 0 Å². The van der Waals surface area contributed by atoms with Gasteiger partial charge in [0.25, 0.3) is 11.8 Å². The van der Waals surface area contributed by atoms with E-state index in [4.69, 9.17) is 9.47 Å². The summed E-state index contributed by atoms with van der Waals surface area (Å²) in [6, 6.07) is 29.4. The molecule has 1 heterocycles. The third kappa shape index (κ3) is 5.29. The van der Waals surface area contributed by atoms with Gasteiger partial charge in [0.1, 0.15) is 24.3 Å². The molecule has 0 unspecified atom stereocenters. The minimum atomic E-state index is -0.645. The Hall–Kier alpha value is -4.30. The second-order valence-corrected chi connectivity index (χ2v) is 9.31. The Morgan fingerprint density at radius 3 is 2.46 bits per heavy atom. The van der Waals surface area contributed by atoms with Crippen LogP contribution in [0.5, 0.6) is 11.5 Å². The van der Waals surface area contributed by atoms with E-state index in [2.05, 4.69) is 26.7 Å². The molecule has 5 rings (SSSR count). The zero-order valence-corrected chi connectivity index (χ0v) is 21.6. The fourth-order valence-electron chi connectivity index (χ4n) is 4.10. The number of para-hydroxylation sites is 1. The molecule has 2 N–H and O–H groups in total. The van der Waals surface area contributed by atoms with E-state index >= 15 is 0 Å². The molecule has 0 fully saturated rings. The highest BCUT2D eigenvalue weighted by Gasteiger charge is 2.35. The Morgan fingerprint density at radius 1 is 0.973 bits per heavy atom. The van der Waals surface area contributed by atoms with E-state index in [1.54, 1.807) is 37.4 Å². The first-order valence-corrected chi connectivity index (χ1v) is 12.4. The number of hydrogen-bond donors (Lipinski definition) is 2. The highest BCUT2D eigenvalue weighted by Crippen LogP contribution is 2.34. The molecule has 4 aromatic rings. The van der Waals surface area contributed by atoms with Crippen molar-refractivity contribution in [3.05, 3.63) is 124 Å². The van der Waals surface area contributed by atoms with Gasteiger partial charge in [-0.3, -0.25) is 15.0 Å². The summed E-state index contributed by atoms with van der Waals surface area (Å²) in [5.74, 6) is 0.309. The van der Waals surface area contributed by atoms with Crippen molar-refractivity contribution in [1.29, 1.82) is 0 Å². The fourth-order valence-corrected chi connectivity index (χ4v) is 4.46. The fraction of sp³-hybridized carbons (Fsp3) is 0.103. The van der Waals surface area contributed by atoms with E-state index in [1.807, 2.05) is 66.7 Å². The number of nitrogens with one attached hydrogen (secondary N) is 2. The first-order chi connectivity index (χ1) is 18.0. The number of hydrazine groups is 1. The van der Waals surface area contributed by atoms with E-state index in [9.17, 15) is 9.59 Å². The molecule has 7 nitrogen and oxygen atoms in total. The number of benzene rings is 4. The van der Waals surface area contributed by atoms with Gasteiger partial charge in [0.05, 0.1) is 18.2 Å². The van der Waals surface area contributed by atoms with E-state index in [0.717, 1.165) is 15.6 Å². The van der Waals surface area contributed by atoms with E-state index in [1.165, 1.54) is 5.01 Å². The summed E-state index contributed by atoms with van der Waals surface area (Å²) in [5, 5.41) is 4.69. The summed E-state index contributed by atoms with van der Waals surface area (Å²) in [7, 11) is 1.59. The molecular formula is C29H24BrN3O4. The topological polar surface area (TPSA) is 79.9 Å². The van der Waals surface area contributed by atoms with Crippen LogP contribution in [0, 0.1) is 0 Å². The van der Waals surface area contributed by atoms with Crippen LogP contribution < -0.4 is 20.2 Å². The monoisotopic (exact) mass is 557 g/mol. The number of hydrogen-bond acceptors (Lipinski definition) is 5. The predicted octanol–water partition coefficient (Wildman–Crippen LogP) is 5.95. The summed E-state index contributed by atoms with van der Waals surface area (Å²) in [6.07, 6.45) is -0.645. The van der Waals surface area contributed by atoms with Crippen LogP contribution in [0.4, 0.5) is 5.69 Å². The molecule has 1 aliphatic rings. The van der Waals surface area contributed by atoms with Crippen molar-refractivity contribution in [2.24, 2.45) is 0 Å². The number of methoxy groups -OCH3 is 1. The molecule has 0 aliphatic carbocycles. The van der Waals surface area contributed by atoms with Gasteiger partial charge in [0.2, 0.25) is 0 Å². The van der Waals surface area contributed by atoms with Gasteiger partial charge in [-0.25, -0.2) is 5.01 Å². The normalized spacial score (nSPS) is 14.4. The van der Waals surface area contributed by atoms with Crippen LogP contribution in [-0.4, -0.2) is 23.9 Å². The van der Waals surface area contributed by atoms with Crippen LogP contribution in [0.1, 0.15) is 38.0 Å². The Kier molecular flexibility index (Phi) is 7.09. The molecule has 0 saturated heterocycles. The summed E-state index contributed by atoms with van der Waals surface area (Å²) >= 11 is 3.43. The number of carbonyl (C=O) groups excluding carboxylic acids is 2. The number of nitrogens with zero attached hydrogens (tertiary/aromatic N) is 1. The summed E-state index contributed by atoms with van der Waals surface area (Å²) in [6.45, 7) is 0.311. The van der Waals surface area contributed by atoms with Crippen LogP contribution in [0.3, 0.4) is 0 Å². The van der Waals surface area contributed by atoms with Crippen LogP contribution in [0.2, 0.25) is 0 Å². The molecule has 0 bridgehead atoms. The summed E-state index contributed by atoms with van der Waals surface area (Å²) < 4.78 is 12.0. The molecule has 0 aromatic heterocycles. The maximum absolute atomic E-state index is 13.6. The molecule has 0 spiro atoms. The first kappa shape index (κ1) is 24.4. The van der Waals surface area contributed by atoms with E-state index in [0.29, 0.717) is 34.9 Å². The maximum Gasteiger partial charge on any atom is 0.276 e. The molecule has 1 atom stereocenters.